The highest BCUT2D eigenvalue weighted by Crippen LogP contribution is 2.51. The van der Waals surface area contributed by atoms with Crippen molar-refractivity contribution in [3.8, 4) is 0 Å². The lowest BCUT2D eigenvalue weighted by Gasteiger charge is -2.33. The van der Waals surface area contributed by atoms with Gasteiger partial charge in [0.2, 0.25) is 0 Å². The summed E-state index contributed by atoms with van der Waals surface area (Å²) in [6, 6.07) is 59.5. The SMILES string of the molecule is CCCCC(CC)Cc1ccc2c(N(c3ccccc3)c3ccccc3)c3ccccc3c(N(c3ccccc3)c3ccccc3)c2c1. The van der Waals surface area contributed by atoms with Crippen molar-refractivity contribution in [2.45, 2.75) is 46.0 Å². The maximum absolute atomic E-state index is 2.50. The maximum atomic E-state index is 2.50. The van der Waals surface area contributed by atoms with Crippen LogP contribution in [-0.4, -0.2) is 0 Å². The minimum absolute atomic E-state index is 0.676. The summed E-state index contributed by atoms with van der Waals surface area (Å²) >= 11 is 0. The Morgan fingerprint density at radius 3 is 1.25 bits per heavy atom. The van der Waals surface area contributed by atoms with E-state index in [2.05, 4.69) is 187 Å². The van der Waals surface area contributed by atoms with Gasteiger partial charge in [-0.15, -0.1) is 0 Å². The molecule has 0 bridgehead atoms. The second kappa shape index (κ2) is 14.6. The van der Waals surface area contributed by atoms with Gasteiger partial charge in [0.25, 0.3) is 0 Å². The third-order valence-corrected chi connectivity index (χ3v) is 9.60. The normalized spacial score (nSPS) is 11.9. The maximum Gasteiger partial charge on any atom is 0.0620 e. The van der Waals surface area contributed by atoms with Crippen molar-refractivity contribution in [3.63, 3.8) is 0 Å². The number of hydrogen-bond donors (Lipinski definition) is 0. The lowest BCUT2D eigenvalue weighted by atomic mass is 9.89. The van der Waals surface area contributed by atoms with Gasteiger partial charge in [0.05, 0.1) is 11.4 Å². The summed E-state index contributed by atoms with van der Waals surface area (Å²) < 4.78 is 0. The Hall–Kier alpha value is -5.34. The second-order valence-electron chi connectivity index (χ2n) is 12.8. The molecular formula is C46H44N2. The third kappa shape index (κ3) is 6.31. The van der Waals surface area contributed by atoms with E-state index in [1.54, 1.807) is 0 Å². The molecule has 0 heterocycles. The molecule has 238 valence electrons. The Balaban J connectivity index is 1.59. The van der Waals surface area contributed by atoms with E-state index in [0.717, 1.165) is 29.2 Å². The van der Waals surface area contributed by atoms with Crippen LogP contribution in [0.3, 0.4) is 0 Å². The second-order valence-corrected chi connectivity index (χ2v) is 12.8. The molecule has 0 saturated carbocycles. The fraction of sp³-hybridized carbons (Fsp3) is 0.174. The highest BCUT2D eigenvalue weighted by molar-refractivity contribution is 6.23. The van der Waals surface area contributed by atoms with Crippen LogP contribution in [0, 0.1) is 5.92 Å². The summed E-state index contributed by atoms with van der Waals surface area (Å²) in [5, 5.41) is 4.93. The number of benzene rings is 7. The van der Waals surface area contributed by atoms with Gasteiger partial charge >= 0.3 is 0 Å². The summed E-state index contributed by atoms with van der Waals surface area (Å²) in [4.78, 5) is 4.90. The van der Waals surface area contributed by atoms with Gasteiger partial charge in [0.15, 0.2) is 0 Å². The van der Waals surface area contributed by atoms with E-state index in [-0.39, 0.29) is 0 Å². The monoisotopic (exact) mass is 624 g/mol. The average molecular weight is 625 g/mol. The Kier molecular flexibility index (Phi) is 9.52. The van der Waals surface area contributed by atoms with Crippen LogP contribution in [0.1, 0.15) is 45.1 Å². The number of hydrogen-bond acceptors (Lipinski definition) is 2. The van der Waals surface area contributed by atoms with Crippen molar-refractivity contribution in [2.24, 2.45) is 5.92 Å². The first-order chi connectivity index (χ1) is 23.8. The van der Waals surface area contributed by atoms with Gasteiger partial charge in [0.1, 0.15) is 0 Å². The number of nitrogens with zero attached hydrogens (tertiary/aromatic N) is 2. The van der Waals surface area contributed by atoms with Crippen molar-refractivity contribution in [1.29, 1.82) is 0 Å². The molecule has 0 aromatic heterocycles. The van der Waals surface area contributed by atoms with Gasteiger partial charge in [-0.3, -0.25) is 0 Å². The van der Waals surface area contributed by atoms with Crippen LogP contribution in [0.25, 0.3) is 21.5 Å². The van der Waals surface area contributed by atoms with Crippen LogP contribution in [0.2, 0.25) is 0 Å². The summed E-state index contributed by atoms with van der Waals surface area (Å²) in [5.41, 5.74) is 8.39. The fourth-order valence-corrected chi connectivity index (χ4v) is 7.19. The number of unbranched alkanes of at least 4 members (excludes halogenated alkanes) is 1. The van der Waals surface area contributed by atoms with Gasteiger partial charge in [-0.05, 0) is 72.5 Å². The largest absolute Gasteiger partial charge is 0.309 e. The van der Waals surface area contributed by atoms with Crippen molar-refractivity contribution in [3.05, 3.63) is 169 Å². The summed E-state index contributed by atoms with van der Waals surface area (Å²) in [6.45, 7) is 4.65. The summed E-state index contributed by atoms with van der Waals surface area (Å²) in [6.07, 6.45) is 6.09. The molecule has 7 rings (SSSR count). The Morgan fingerprint density at radius 2 is 0.833 bits per heavy atom. The predicted molar refractivity (Wildman–Crippen MR) is 208 cm³/mol. The van der Waals surface area contributed by atoms with Crippen LogP contribution in [0.15, 0.2) is 164 Å². The Bertz CT molecular complexity index is 1990. The highest BCUT2D eigenvalue weighted by Gasteiger charge is 2.25. The minimum Gasteiger partial charge on any atom is -0.309 e. The smallest absolute Gasteiger partial charge is 0.0620 e. The molecular weight excluding hydrogens is 581 g/mol. The molecule has 7 aromatic rings. The molecule has 0 saturated heterocycles. The predicted octanol–water partition coefficient (Wildman–Crippen LogP) is 13.7. The first-order valence-electron chi connectivity index (χ1n) is 17.5. The molecule has 1 atom stereocenters. The van der Waals surface area contributed by atoms with E-state index in [4.69, 9.17) is 0 Å². The fourth-order valence-electron chi connectivity index (χ4n) is 7.19. The minimum atomic E-state index is 0.676. The molecule has 7 aromatic carbocycles. The van der Waals surface area contributed by atoms with Gasteiger partial charge in [-0.25, -0.2) is 0 Å². The number of rotatable bonds is 12. The van der Waals surface area contributed by atoms with E-state index < -0.39 is 0 Å². The van der Waals surface area contributed by atoms with Gasteiger partial charge in [0, 0.05) is 44.3 Å². The highest BCUT2D eigenvalue weighted by atomic mass is 15.2. The van der Waals surface area contributed by atoms with Crippen LogP contribution < -0.4 is 9.80 Å². The number of para-hydroxylation sites is 4. The van der Waals surface area contributed by atoms with Gasteiger partial charge < -0.3 is 9.80 Å². The lowest BCUT2D eigenvalue weighted by molar-refractivity contribution is 0.449. The lowest BCUT2D eigenvalue weighted by Crippen LogP contribution is -2.14. The topological polar surface area (TPSA) is 6.48 Å². The number of fused-ring (bicyclic) bond motifs is 2. The third-order valence-electron chi connectivity index (χ3n) is 9.60. The molecule has 2 heteroatoms. The van der Waals surface area contributed by atoms with Crippen LogP contribution in [-0.2, 0) is 6.42 Å². The molecule has 0 aliphatic rings. The molecule has 0 N–H and O–H groups in total. The molecule has 0 radical (unpaired) electrons. The molecule has 0 amide bonds. The van der Waals surface area contributed by atoms with Crippen LogP contribution in [0.5, 0.6) is 0 Å². The molecule has 0 fully saturated rings. The van der Waals surface area contributed by atoms with E-state index >= 15 is 0 Å². The standard InChI is InChI=1S/C46H44N2/c1-3-5-20-35(4-2)33-36-31-32-43-44(34-36)46(48(39-25-14-8-15-26-39)40-27-16-9-17-28-40)42-30-19-18-29-41(42)45(43)47(37-21-10-6-11-22-37)38-23-12-7-13-24-38/h6-19,21-32,34-35H,3-5,20,33H2,1-2H3. The average Bonchev–Trinajstić information content (AvgIpc) is 3.16. The zero-order valence-corrected chi connectivity index (χ0v) is 28.1. The first kappa shape index (κ1) is 31.3. The first-order valence-corrected chi connectivity index (χ1v) is 17.5. The quantitative estimate of drug-likeness (QED) is 0.0986. The molecule has 48 heavy (non-hydrogen) atoms. The van der Waals surface area contributed by atoms with Crippen LogP contribution >= 0.6 is 0 Å². The van der Waals surface area contributed by atoms with Crippen molar-refractivity contribution >= 4 is 55.7 Å². The van der Waals surface area contributed by atoms with E-state index in [1.807, 2.05) is 0 Å². The Morgan fingerprint density at radius 1 is 0.438 bits per heavy atom. The Labute approximate surface area is 285 Å². The van der Waals surface area contributed by atoms with Crippen LogP contribution in [0.4, 0.5) is 34.1 Å². The number of anilines is 6. The molecule has 0 aliphatic carbocycles. The van der Waals surface area contributed by atoms with E-state index in [1.165, 1.54) is 64.2 Å². The van der Waals surface area contributed by atoms with Crippen molar-refractivity contribution < 1.29 is 0 Å². The van der Waals surface area contributed by atoms with Gasteiger partial charge in [-0.1, -0.05) is 149 Å². The summed E-state index contributed by atoms with van der Waals surface area (Å²) in [5.74, 6) is 0.676. The zero-order valence-electron chi connectivity index (χ0n) is 28.1. The van der Waals surface area contributed by atoms with E-state index in [9.17, 15) is 0 Å². The van der Waals surface area contributed by atoms with Crippen molar-refractivity contribution in [2.75, 3.05) is 9.80 Å². The summed E-state index contributed by atoms with van der Waals surface area (Å²) in [7, 11) is 0. The molecule has 0 spiro atoms. The molecule has 1 unspecified atom stereocenters. The molecule has 0 aliphatic heterocycles. The molecule has 2 nitrogen and oxygen atoms in total. The van der Waals surface area contributed by atoms with E-state index in [0.29, 0.717) is 5.92 Å². The van der Waals surface area contributed by atoms with Gasteiger partial charge in [-0.2, -0.15) is 0 Å². The van der Waals surface area contributed by atoms with Crippen molar-refractivity contribution in [1.82, 2.24) is 0 Å². The zero-order chi connectivity index (χ0) is 32.7.